The first-order valence-electron chi connectivity index (χ1n) is 5.72. The zero-order valence-corrected chi connectivity index (χ0v) is 10.2. The summed E-state index contributed by atoms with van der Waals surface area (Å²) in [5.74, 6) is 1.10. The summed E-state index contributed by atoms with van der Waals surface area (Å²) < 4.78 is 0. The molecule has 1 saturated carbocycles. The smallest absolute Gasteiger partial charge is 0.254 e. The molecule has 0 radical (unpaired) electrons. The monoisotopic (exact) mass is 239 g/mol. The van der Waals surface area contributed by atoms with Gasteiger partial charge in [-0.2, -0.15) is 16.9 Å². The molecule has 2 unspecified atom stereocenters. The second kappa shape index (κ2) is 5.39. The summed E-state index contributed by atoms with van der Waals surface area (Å²) in [6, 6.07) is 0.326. The topological polar surface area (TPSA) is 57.8 Å². The number of carbonyl (C=O) groups is 1. The highest BCUT2D eigenvalue weighted by atomic mass is 32.2. The SMILES string of the molecule is CCSC1CCCC1NC(=O)c1cn[nH]c1. The molecule has 0 spiro atoms. The molecule has 1 fully saturated rings. The molecule has 5 heteroatoms. The molecule has 2 rings (SSSR count). The molecule has 1 aliphatic carbocycles. The van der Waals surface area contributed by atoms with E-state index >= 15 is 0 Å². The second-order valence-corrected chi connectivity index (χ2v) is 5.51. The summed E-state index contributed by atoms with van der Waals surface area (Å²) in [5.41, 5.74) is 0.618. The van der Waals surface area contributed by atoms with E-state index in [1.54, 1.807) is 12.4 Å². The zero-order chi connectivity index (χ0) is 11.4. The van der Waals surface area contributed by atoms with Crippen LogP contribution in [0.25, 0.3) is 0 Å². The summed E-state index contributed by atoms with van der Waals surface area (Å²) in [6.07, 6.45) is 6.72. The third-order valence-corrected chi connectivity index (χ3v) is 4.24. The van der Waals surface area contributed by atoms with E-state index in [9.17, 15) is 4.79 Å². The van der Waals surface area contributed by atoms with Gasteiger partial charge in [0.1, 0.15) is 0 Å². The molecular weight excluding hydrogens is 222 g/mol. The third-order valence-electron chi connectivity index (χ3n) is 2.91. The number of hydrogen-bond donors (Lipinski definition) is 2. The third kappa shape index (κ3) is 2.58. The minimum atomic E-state index is -0.0117. The van der Waals surface area contributed by atoms with Crippen molar-refractivity contribution in [1.29, 1.82) is 0 Å². The van der Waals surface area contributed by atoms with Crippen LogP contribution in [0, 0.1) is 0 Å². The Morgan fingerprint density at radius 3 is 3.25 bits per heavy atom. The van der Waals surface area contributed by atoms with Crippen molar-refractivity contribution >= 4 is 17.7 Å². The minimum Gasteiger partial charge on any atom is -0.348 e. The number of carbonyl (C=O) groups excluding carboxylic acids is 1. The molecule has 1 amide bonds. The molecule has 0 bridgehead atoms. The van der Waals surface area contributed by atoms with E-state index in [0.717, 1.165) is 12.2 Å². The predicted octanol–water partition coefficient (Wildman–Crippen LogP) is 1.81. The number of amides is 1. The molecule has 1 aromatic heterocycles. The zero-order valence-electron chi connectivity index (χ0n) is 9.40. The van der Waals surface area contributed by atoms with Crippen LogP contribution >= 0.6 is 11.8 Å². The lowest BCUT2D eigenvalue weighted by Crippen LogP contribution is -2.38. The molecule has 1 aromatic rings. The number of aromatic nitrogens is 2. The van der Waals surface area contributed by atoms with Gasteiger partial charge in [-0.3, -0.25) is 9.89 Å². The Morgan fingerprint density at radius 1 is 1.69 bits per heavy atom. The Hall–Kier alpha value is -0.970. The van der Waals surface area contributed by atoms with Crippen molar-refractivity contribution in [1.82, 2.24) is 15.5 Å². The molecule has 0 aromatic carbocycles. The number of hydrogen-bond acceptors (Lipinski definition) is 3. The van der Waals surface area contributed by atoms with E-state index in [-0.39, 0.29) is 5.91 Å². The fourth-order valence-electron chi connectivity index (χ4n) is 2.13. The van der Waals surface area contributed by atoms with Crippen molar-refractivity contribution in [3.8, 4) is 0 Å². The highest BCUT2D eigenvalue weighted by Gasteiger charge is 2.28. The maximum absolute atomic E-state index is 11.8. The van der Waals surface area contributed by atoms with Gasteiger partial charge in [0, 0.05) is 17.5 Å². The molecule has 2 N–H and O–H groups in total. The summed E-state index contributed by atoms with van der Waals surface area (Å²) in [5, 5.41) is 10.1. The first-order chi connectivity index (χ1) is 7.81. The van der Waals surface area contributed by atoms with Gasteiger partial charge in [-0.15, -0.1) is 0 Å². The lowest BCUT2D eigenvalue weighted by Gasteiger charge is -2.19. The van der Waals surface area contributed by atoms with Crippen LogP contribution < -0.4 is 5.32 Å². The van der Waals surface area contributed by atoms with E-state index in [1.165, 1.54) is 12.8 Å². The van der Waals surface area contributed by atoms with Crippen molar-refractivity contribution in [2.24, 2.45) is 0 Å². The van der Waals surface area contributed by atoms with Gasteiger partial charge in [0.05, 0.1) is 11.8 Å². The van der Waals surface area contributed by atoms with E-state index in [4.69, 9.17) is 0 Å². The van der Waals surface area contributed by atoms with Gasteiger partial charge in [0.15, 0.2) is 0 Å². The number of nitrogens with one attached hydrogen (secondary N) is 2. The standard InChI is InChI=1S/C11H17N3OS/c1-2-16-10-5-3-4-9(10)14-11(15)8-6-12-13-7-8/h6-7,9-10H,2-5H2,1H3,(H,12,13)(H,14,15). The van der Waals surface area contributed by atoms with Crippen molar-refractivity contribution in [2.75, 3.05) is 5.75 Å². The molecular formula is C11H17N3OS. The van der Waals surface area contributed by atoms with Crippen LogP contribution in [0.15, 0.2) is 12.4 Å². The molecule has 4 nitrogen and oxygen atoms in total. The highest BCUT2D eigenvalue weighted by molar-refractivity contribution is 7.99. The van der Waals surface area contributed by atoms with E-state index in [0.29, 0.717) is 16.9 Å². The molecule has 0 aliphatic heterocycles. The van der Waals surface area contributed by atoms with Crippen LogP contribution in [-0.4, -0.2) is 33.1 Å². The van der Waals surface area contributed by atoms with Crippen LogP contribution in [0.1, 0.15) is 36.5 Å². The van der Waals surface area contributed by atoms with Crippen molar-refractivity contribution in [3.63, 3.8) is 0 Å². The number of H-pyrrole nitrogens is 1. The number of thioether (sulfide) groups is 1. The van der Waals surface area contributed by atoms with Crippen molar-refractivity contribution in [3.05, 3.63) is 18.0 Å². The van der Waals surface area contributed by atoms with Gasteiger partial charge in [-0.25, -0.2) is 0 Å². The van der Waals surface area contributed by atoms with Gasteiger partial charge in [0.25, 0.3) is 5.91 Å². The van der Waals surface area contributed by atoms with Crippen LogP contribution in [0.3, 0.4) is 0 Å². The lowest BCUT2D eigenvalue weighted by molar-refractivity contribution is 0.0939. The molecule has 0 saturated heterocycles. The van der Waals surface area contributed by atoms with Crippen LogP contribution in [0.5, 0.6) is 0 Å². The van der Waals surface area contributed by atoms with Gasteiger partial charge in [-0.1, -0.05) is 13.3 Å². The molecule has 1 heterocycles. The molecule has 2 atom stereocenters. The maximum Gasteiger partial charge on any atom is 0.254 e. The Labute approximate surface area is 99.6 Å². The lowest BCUT2D eigenvalue weighted by atomic mass is 10.2. The van der Waals surface area contributed by atoms with E-state index < -0.39 is 0 Å². The van der Waals surface area contributed by atoms with Crippen molar-refractivity contribution < 1.29 is 4.79 Å². The fourth-order valence-corrected chi connectivity index (χ4v) is 3.33. The fraction of sp³-hybridized carbons (Fsp3) is 0.636. The summed E-state index contributed by atoms with van der Waals surface area (Å²) in [6.45, 7) is 2.16. The van der Waals surface area contributed by atoms with Gasteiger partial charge >= 0.3 is 0 Å². The molecule has 16 heavy (non-hydrogen) atoms. The average molecular weight is 239 g/mol. The second-order valence-electron chi connectivity index (χ2n) is 3.99. The maximum atomic E-state index is 11.8. The largest absolute Gasteiger partial charge is 0.348 e. The predicted molar refractivity (Wildman–Crippen MR) is 65.6 cm³/mol. The number of rotatable bonds is 4. The first-order valence-corrected chi connectivity index (χ1v) is 6.77. The number of nitrogens with zero attached hydrogens (tertiary/aromatic N) is 1. The Morgan fingerprint density at radius 2 is 2.56 bits per heavy atom. The highest BCUT2D eigenvalue weighted by Crippen LogP contribution is 2.29. The summed E-state index contributed by atoms with van der Waals surface area (Å²) in [7, 11) is 0. The van der Waals surface area contributed by atoms with Gasteiger partial charge in [0.2, 0.25) is 0 Å². The summed E-state index contributed by atoms with van der Waals surface area (Å²) in [4.78, 5) is 11.8. The Kier molecular flexibility index (Phi) is 3.88. The molecule has 88 valence electrons. The average Bonchev–Trinajstić information content (AvgIpc) is 2.90. The normalized spacial score (nSPS) is 24.6. The van der Waals surface area contributed by atoms with Gasteiger partial charge < -0.3 is 5.32 Å². The quantitative estimate of drug-likeness (QED) is 0.842. The Bertz CT molecular complexity index is 339. The number of aromatic amines is 1. The van der Waals surface area contributed by atoms with Crippen LogP contribution in [0.2, 0.25) is 0 Å². The Balaban J connectivity index is 1.91. The van der Waals surface area contributed by atoms with E-state index in [2.05, 4.69) is 22.4 Å². The van der Waals surface area contributed by atoms with Crippen LogP contribution in [0.4, 0.5) is 0 Å². The first kappa shape index (κ1) is 11.5. The van der Waals surface area contributed by atoms with E-state index in [1.807, 2.05) is 11.8 Å². The van der Waals surface area contributed by atoms with Crippen LogP contribution in [-0.2, 0) is 0 Å². The van der Waals surface area contributed by atoms with Crippen molar-refractivity contribution in [2.45, 2.75) is 37.5 Å². The summed E-state index contributed by atoms with van der Waals surface area (Å²) >= 11 is 1.95. The minimum absolute atomic E-state index is 0.0117. The van der Waals surface area contributed by atoms with Gasteiger partial charge in [-0.05, 0) is 18.6 Å². The molecule has 1 aliphatic rings.